The monoisotopic (exact) mass is 458 g/mol. The molecule has 4 rings (SSSR count). The quantitative estimate of drug-likeness (QED) is 0.431. The van der Waals surface area contributed by atoms with Crippen molar-refractivity contribution in [1.82, 2.24) is 4.98 Å². The van der Waals surface area contributed by atoms with Gasteiger partial charge in [-0.05, 0) is 48.9 Å². The summed E-state index contributed by atoms with van der Waals surface area (Å²) in [5, 5.41) is 4.65. The van der Waals surface area contributed by atoms with E-state index in [1.54, 1.807) is 22.4 Å². The number of aromatic nitrogens is 1. The Labute approximate surface area is 182 Å². The van der Waals surface area contributed by atoms with Crippen molar-refractivity contribution in [3.05, 3.63) is 59.6 Å². The van der Waals surface area contributed by atoms with Crippen LogP contribution in [0.5, 0.6) is 5.75 Å². The number of benzene rings is 2. The van der Waals surface area contributed by atoms with Crippen LogP contribution < -0.4 is 19.7 Å². The standard InChI is InChI=1S/C20H18N4O5S2/c1-13-2-7-16-17(10-13)29-19(26)12-24(16)11-18(25)22-14-3-5-15(6-4-14)31(27,28)23-20-21-8-9-30-20/h2-10H,11-12H2,1H3,(H,21,23)(H,22,25). The van der Waals surface area contributed by atoms with Gasteiger partial charge in [-0.25, -0.2) is 18.2 Å². The summed E-state index contributed by atoms with van der Waals surface area (Å²) in [6.07, 6.45) is 1.50. The molecule has 0 atom stereocenters. The maximum absolute atomic E-state index is 12.5. The van der Waals surface area contributed by atoms with Gasteiger partial charge in [0.2, 0.25) is 5.91 Å². The Morgan fingerprint density at radius 3 is 2.71 bits per heavy atom. The Bertz CT molecular complexity index is 1220. The summed E-state index contributed by atoms with van der Waals surface area (Å²) in [6, 6.07) is 11.2. The molecule has 0 fully saturated rings. The molecule has 0 saturated heterocycles. The molecule has 3 aromatic rings. The number of carbonyl (C=O) groups is 2. The largest absolute Gasteiger partial charge is 0.423 e. The number of anilines is 3. The zero-order chi connectivity index (χ0) is 22.0. The number of ether oxygens (including phenoxy) is 1. The number of hydrogen-bond acceptors (Lipinski definition) is 8. The Balaban J connectivity index is 1.42. The molecule has 0 radical (unpaired) electrons. The van der Waals surface area contributed by atoms with Crippen LogP contribution in [-0.2, 0) is 19.6 Å². The molecule has 1 aromatic heterocycles. The molecule has 0 saturated carbocycles. The first kappa shape index (κ1) is 20.8. The molecule has 2 N–H and O–H groups in total. The average molecular weight is 459 g/mol. The summed E-state index contributed by atoms with van der Waals surface area (Å²) in [7, 11) is -3.77. The Hall–Kier alpha value is -3.44. The number of sulfonamides is 1. The third-order valence-electron chi connectivity index (χ3n) is 4.44. The van der Waals surface area contributed by atoms with Crippen LogP contribution in [0.25, 0.3) is 0 Å². The second-order valence-electron chi connectivity index (χ2n) is 6.82. The molecule has 1 aliphatic heterocycles. The third-order valence-corrected chi connectivity index (χ3v) is 6.61. The highest BCUT2D eigenvalue weighted by atomic mass is 32.2. The van der Waals surface area contributed by atoms with Gasteiger partial charge in [0.25, 0.3) is 10.0 Å². The van der Waals surface area contributed by atoms with Gasteiger partial charge in [-0.15, -0.1) is 11.3 Å². The summed E-state index contributed by atoms with van der Waals surface area (Å²) >= 11 is 1.17. The maximum Gasteiger partial charge on any atom is 0.331 e. The molecule has 9 nitrogen and oxygen atoms in total. The first-order valence-corrected chi connectivity index (χ1v) is 11.5. The number of amides is 1. The fraction of sp³-hybridized carbons (Fsp3) is 0.150. The van der Waals surface area contributed by atoms with Crippen LogP contribution in [-0.4, -0.2) is 38.4 Å². The third kappa shape index (κ3) is 4.84. The van der Waals surface area contributed by atoms with Crippen molar-refractivity contribution in [2.45, 2.75) is 11.8 Å². The van der Waals surface area contributed by atoms with Crippen molar-refractivity contribution >= 4 is 49.7 Å². The van der Waals surface area contributed by atoms with E-state index in [0.29, 0.717) is 17.1 Å². The van der Waals surface area contributed by atoms with E-state index in [1.807, 2.05) is 13.0 Å². The van der Waals surface area contributed by atoms with Crippen LogP contribution in [0, 0.1) is 6.92 Å². The van der Waals surface area contributed by atoms with E-state index in [2.05, 4.69) is 15.0 Å². The second kappa shape index (κ2) is 8.36. The highest BCUT2D eigenvalue weighted by Crippen LogP contribution is 2.32. The summed E-state index contributed by atoms with van der Waals surface area (Å²) in [5.74, 6) is -0.364. The lowest BCUT2D eigenvalue weighted by Gasteiger charge is -2.29. The van der Waals surface area contributed by atoms with Crippen molar-refractivity contribution in [1.29, 1.82) is 0 Å². The Morgan fingerprint density at radius 1 is 1.23 bits per heavy atom. The lowest BCUT2D eigenvalue weighted by molar-refractivity contribution is -0.133. The predicted molar refractivity (Wildman–Crippen MR) is 117 cm³/mol. The van der Waals surface area contributed by atoms with Crippen molar-refractivity contribution in [3.8, 4) is 5.75 Å². The normalized spacial score (nSPS) is 13.3. The van der Waals surface area contributed by atoms with E-state index in [0.717, 1.165) is 5.56 Å². The number of thiazole rings is 1. The topological polar surface area (TPSA) is 118 Å². The summed E-state index contributed by atoms with van der Waals surface area (Å²) in [6.45, 7) is 1.79. The van der Waals surface area contributed by atoms with Gasteiger partial charge in [0.15, 0.2) is 10.9 Å². The van der Waals surface area contributed by atoms with Gasteiger partial charge in [0, 0.05) is 17.3 Å². The number of aryl methyl sites for hydroxylation is 1. The molecule has 11 heteroatoms. The number of carbonyl (C=O) groups excluding carboxylic acids is 2. The molecule has 160 valence electrons. The van der Waals surface area contributed by atoms with Gasteiger partial charge in [-0.3, -0.25) is 9.52 Å². The van der Waals surface area contributed by atoms with E-state index >= 15 is 0 Å². The first-order chi connectivity index (χ1) is 14.8. The minimum absolute atomic E-state index is 0.0386. The van der Waals surface area contributed by atoms with Crippen LogP contribution >= 0.6 is 11.3 Å². The average Bonchev–Trinajstić information content (AvgIpc) is 3.20. The molecule has 0 spiro atoms. The summed E-state index contributed by atoms with van der Waals surface area (Å²) in [4.78, 5) is 30.0. The van der Waals surface area contributed by atoms with Gasteiger partial charge in [0.1, 0.15) is 6.54 Å². The molecule has 1 amide bonds. The molecular formula is C20H18N4O5S2. The zero-order valence-corrected chi connectivity index (χ0v) is 18.0. The van der Waals surface area contributed by atoms with Crippen LogP contribution in [0.3, 0.4) is 0 Å². The fourth-order valence-electron chi connectivity index (χ4n) is 3.04. The van der Waals surface area contributed by atoms with Crippen LogP contribution in [0.15, 0.2) is 58.9 Å². The highest BCUT2D eigenvalue weighted by molar-refractivity contribution is 7.93. The first-order valence-electron chi connectivity index (χ1n) is 9.19. The number of hydrogen-bond donors (Lipinski definition) is 2. The Kier molecular flexibility index (Phi) is 5.61. The van der Waals surface area contributed by atoms with Gasteiger partial charge in [-0.2, -0.15) is 0 Å². The number of esters is 1. The van der Waals surface area contributed by atoms with Gasteiger partial charge in [0.05, 0.1) is 17.1 Å². The fourth-order valence-corrected chi connectivity index (χ4v) is 4.83. The minimum atomic E-state index is -3.77. The summed E-state index contributed by atoms with van der Waals surface area (Å²) < 4.78 is 32.4. The molecule has 0 bridgehead atoms. The van der Waals surface area contributed by atoms with E-state index in [4.69, 9.17) is 4.74 Å². The molecule has 2 heterocycles. The summed E-state index contributed by atoms with van der Waals surface area (Å²) in [5.41, 5.74) is 2.04. The smallest absolute Gasteiger partial charge is 0.331 e. The number of nitrogens with one attached hydrogen (secondary N) is 2. The Morgan fingerprint density at radius 2 is 2.00 bits per heavy atom. The van der Waals surface area contributed by atoms with Gasteiger partial charge in [-0.1, -0.05) is 6.07 Å². The lowest BCUT2D eigenvalue weighted by atomic mass is 10.1. The van der Waals surface area contributed by atoms with Crippen LogP contribution in [0.2, 0.25) is 0 Å². The van der Waals surface area contributed by atoms with Crippen LogP contribution in [0.1, 0.15) is 5.56 Å². The van der Waals surface area contributed by atoms with E-state index in [-0.39, 0.29) is 29.0 Å². The van der Waals surface area contributed by atoms with Gasteiger partial charge < -0.3 is 15.0 Å². The molecule has 0 unspecified atom stereocenters. The van der Waals surface area contributed by atoms with Crippen LogP contribution in [0.4, 0.5) is 16.5 Å². The lowest BCUT2D eigenvalue weighted by Crippen LogP contribution is -2.41. The van der Waals surface area contributed by atoms with E-state index in [9.17, 15) is 18.0 Å². The van der Waals surface area contributed by atoms with Crippen molar-refractivity contribution in [3.63, 3.8) is 0 Å². The maximum atomic E-state index is 12.5. The molecule has 31 heavy (non-hydrogen) atoms. The van der Waals surface area contributed by atoms with Crippen molar-refractivity contribution < 1.29 is 22.7 Å². The number of rotatable bonds is 6. The highest BCUT2D eigenvalue weighted by Gasteiger charge is 2.25. The zero-order valence-electron chi connectivity index (χ0n) is 16.4. The van der Waals surface area contributed by atoms with Gasteiger partial charge >= 0.3 is 5.97 Å². The van der Waals surface area contributed by atoms with Crippen molar-refractivity contribution in [2.75, 3.05) is 28.0 Å². The minimum Gasteiger partial charge on any atom is -0.423 e. The second-order valence-corrected chi connectivity index (χ2v) is 9.39. The molecule has 1 aliphatic rings. The van der Waals surface area contributed by atoms with E-state index in [1.165, 1.54) is 41.8 Å². The van der Waals surface area contributed by atoms with Crippen molar-refractivity contribution in [2.24, 2.45) is 0 Å². The predicted octanol–water partition coefficient (Wildman–Crippen LogP) is 2.62. The molecule has 0 aliphatic carbocycles. The molecular weight excluding hydrogens is 440 g/mol. The molecule has 2 aromatic carbocycles. The number of fused-ring (bicyclic) bond motifs is 1. The van der Waals surface area contributed by atoms with E-state index < -0.39 is 16.0 Å². The SMILES string of the molecule is Cc1ccc2c(c1)OC(=O)CN2CC(=O)Nc1ccc(S(=O)(=O)Nc2nccs2)cc1. The number of nitrogens with zero attached hydrogens (tertiary/aromatic N) is 2.